The van der Waals surface area contributed by atoms with E-state index < -0.39 is 0 Å². The molecule has 0 spiro atoms. The number of imidazole rings is 1. The first-order valence-electron chi connectivity index (χ1n) is 7.68. The molecule has 7 nitrogen and oxygen atoms in total. The molecule has 1 N–H and O–H groups in total. The minimum absolute atomic E-state index is 0.00141. The summed E-state index contributed by atoms with van der Waals surface area (Å²) in [5.41, 5.74) is 1.91. The molecule has 2 aromatic rings. The van der Waals surface area contributed by atoms with Gasteiger partial charge in [0.05, 0.1) is 31.1 Å². The number of aromatic nitrogens is 4. The Kier molecular flexibility index (Phi) is 4.87. The Bertz CT molecular complexity index is 607. The van der Waals surface area contributed by atoms with Crippen LogP contribution in [0.5, 0.6) is 0 Å². The number of fused-ring (bicyclic) bond motifs is 1. The predicted octanol–water partition coefficient (Wildman–Crippen LogP) is 0.624. The van der Waals surface area contributed by atoms with Crippen molar-refractivity contribution >= 4 is 0 Å². The summed E-state index contributed by atoms with van der Waals surface area (Å²) in [6.45, 7) is 5.10. The lowest BCUT2D eigenvalue weighted by Crippen LogP contribution is -2.25. The third-order valence-corrected chi connectivity index (χ3v) is 4.01. The average Bonchev–Trinajstić information content (AvgIpc) is 3.08. The molecule has 0 saturated heterocycles. The van der Waals surface area contributed by atoms with E-state index in [2.05, 4.69) is 19.5 Å². The van der Waals surface area contributed by atoms with E-state index in [0.717, 1.165) is 56.4 Å². The van der Waals surface area contributed by atoms with Crippen LogP contribution in [0.3, 0.4) is 0 Å². The number of hydrogen-bond donors (Lipinski definition) is 1. The summed E-state index contributed by atoms with van der Waals surface area (Å²) >= 11 is 0. The van der Waals surface area contributed by atoms with E-state index in [1.807, 2.05) is 23.1 Å². The van der Waals surface area contributed by atoms with Crippen molar-refractivity contribution in [2.24, 2.45) is 0 Å². The van der Waals surface area contributed by atoms with E-state index in [9.17, 15) is 5.11 Å². The Morgan fingerprint density at radius 3 is 3.09 bits per heavy atom. The summed E-state index contributed by atoms with van der Waals surface area (Å²) in [6, 6.07) is 2.00. The van der Waals surface area contributed by atoms with Crippen LogP contribution in [0.4, 0.5) is 0 Å². The van der Waals surface area contributed by atoms with E-state index in [1.54, 1.807) is 7.11 Å². The standard InChI is InChI=1S/C15H23N5O2/c1-22-8-7-19-6-3-16-15(19)11-18-4-2-5-20-14(10-18)9-13(12-21)17-20/h3,6,9,21H,2,4-5,7-8,10-12H2,1H3. The molecule has 0 aromatic carbocycles. The minimum atomic E-state index is 0.00141. The molecule has 0 fully saturated rings. The fourth-order valence-corrected chi connectivity index (χ4v) is 2.89. The van der Waals surface area contributed by atoms with Gasteiger partial charge in [-0.05, 0) is 12.5 Å². The molecule has 0 aliphatic carbocycles. The molecule has 1 aliphatic rings. The van der Waals surface area contributed by atoms with Crippen LogP contribution in [0.15, 0.2) is 18.5 Å². The number of aliphatic hydroxyl groups excluding tert-OH is 1. The van der Waals surface area contributed by atoms with Crippen molar-refractivity contribution in [3.8, 4) is 0 Å². The highest BCUT2D eigenvalue weighted by molar-refractivity contribution is 5.10. The SMILES string of the molecule is COCCn1ccnc1CN1CCCn2nc(CO)cc2C1. The maximum Gasteiger partial charge on any atom is 0.122 e. The van der Waals surface area contributed by atoms with Gasteiger partial charge in [0.25, 0.3) is 0 Å². The second kappa shape index (κ2) is 7.04. The second-order valence-electron chi connectivity index (χ2n) is 5.60. The highest BCUT2D eigenvalue weighted by Gasteiger charge is 2.18. The molecule has 22 heavy (non-hydrogen) atoms. The summed E-state index contributed by atoms with van der Waals surface area (Å²) in [6.07, 6.45) is 4.90. The van der Waals surface area contributed by atoms with Crippen molar-refractivity contribution in [2.45, 2.75) is 39.2 Å². The normalized spacial score (nSPS) is 15.7. The van der Waals surface area contributed by atoms with Crippen molar-refractivity contribution in [1.82, 2.24) is 24.2 Å². The summed E-state index contributed by atoms with van der Waals surface area (Å²) in [4.78, 5) is 6.86. The van der Waals surface area contributed by atoms with Crippen molar-refractivity contribution in [2.75, 3.05) is 20.3 Å². The van der Waals surface area contributed by atoms with Gasteiger partial charge in [-0.3, -0.25) is 9.58 Å². The van der Waals surface area contributed by atoms with Crippen molar-refractivity contribution < 1.29 is 9.84 Å². The van der Waals surface area contributed by atoms with Crippen LogP contribution in [0.25, 0.3) is 0 Å². The summed E-state index contributed by atoms with van der Waals surface area (Å²) in [7, 11) is 1.71. The summed E-state index contributed by atoms with van der Waals surface area (Å²) < 4.78 is 9.30. The maximum atomic E-state index is 9.23. The molecule has 1 aliphatic heterocycles. The fourth-order valence-electron chi connectivity index (χ4n) is 2.89. The first kappa shape index (κ1) is 15.2. The van der Waals surface area contributed by atoms with Gasteiger partial charge in [-0.25, -0.2) is 4.98 Å². The van der Waals surface area contributed by atoms with Crippen molar-refractivity contribution in [3.63, 3.8) is 0 Å². The Hall–Kier alpha value is -1.70. The molecular weight excluding hydrogens is 282 g/mol. The van der Waals surface area contributed by atoms with Crippen molar-refractivity contribution in [1.29, 1.82) is 0 Å². The number of nitrogens with zero attached hydrogens (tertiary/aromatic N) is 5. The molecular formula is C15H23N5O2. The van der Waals surface area contributed by atoms with E-state index in [4.69, 9.17) is 4.74 Å². The molecule has 0 radical (unpaired) electrons. The fraction of sp³-hybridized carbons (Fsp3) is 0.600. The molecule has 0 unspecified atom stereocenters. The average molecular weight is 305 g/mol. The number of aliphatic hydroxyl groups is 1. The zero-order valence-corrected chi connectivity index (χ0v) is 13.0. The van der Waals surface area contributed by atoms with Crippen LogP contribution in [0, 0.1) is 0 Å². The van der Waals surface area contributed by atoms with E-state index in [1.165, 1.54) is 0 Å². The monoisotopic (exact) mass is 305 g/mol. The zero-order valence-electron chi connectivity index (χ0n) is 13.0. The van der Waals surface area contributed by atoms with Crippen LogP contribution < -0.4 is 0 Å². The Balaban J connectivity index is 1.69. The molecule has 0 amide bonds. The van der Waals surface area contributed by atoms with Gasteiger partial charge >= 0.3 is 0 Å². The summed E-state index contributed by atoms with van der Waals surface area (Å²) in [5.74, 6) is 1.06. The van der Waals surface area contributed by atoms with Crippen LogP contribution in [0.2, 0.25) is 0 Å². The summed E-state index contributed by atoms with van der Waals surface area (Å²) in [5, 5.41) is 13.7. The third kappa shape index (κ3) is 3.37. The Morgan fingerprint density at radius 2 is 2.27 bits per heavy atom. The molecule has 0 atom stereocenters. The minimum Gasteiger partial charge on any atom is -0.390 e. The van der Waals surface area contributed by atoms with Gasteiger partial charge < -0.3 is 14.4 Å². The lowest BCUT2D eigenvalue weighted by Gasteiger charge is -2.19. The highest BCUT2D eigenvalue weighted by atomic mass is 16.5. The maximum absolute atomic E-state index is 9.23. The van der Waals surface area contributed by atoms with Gasteiger partial charge in [0.1, 0.15) is 5.82 Å². The molecule has 3 rings (SSSR count). The van der Waals surface area contributed by atoms with Crippen LogP contribution in [0.1, 0.15) is 23.6 Å². The molecule has 0 bridgehead atoms. The third-order valence-electron chi connectivity index (χ3n) is 4.01. The van der Waals surface area contributed by atoms with E-state index in [0.29, 0.717) is 6.61 Å². The van der Waals surface area contributed by atoms with Gasteiger partial charge in [-0.2, -0.15) is 5.10 Å². The molecule has 2 aromatic heterocycles. The number of rotatable bonds is 6. The molecule has 120 valence electrons. The first-order valence-corrected chi connectivity index (χ1v) is 7.68. The zero-order chi connectivity index (χ0) is 15.4. The van der Waals surface area contributed by atoms with Crippen LogP contribution in [-0.4, -0.2) is 49.6 Å². The topological polar surface area (TPSA) is 68.3 Å². The lowest BCUT2D eigenvalue weighted by molar-refractivity contribution is 0.183. The molecule has 3 heterocycles. The van der Waals surface area contributed by atoms with E-state index in [-0.39, 0.29) is 6.61 Å². The predicted molar refractivity (Wildman–Crippen MR) is 81.0 cm³/mol. The van der Waals surface area contributed by atoms with Crippen LogP contribution in [-0.2, 0) is 37.5 Å². The molecule has 0 saturated carbocycles. The van der Waals surface area contributed by atoms with Gasteiger partial charge in [0.15, 0.2) is 0 Å². The van der Waals surface area contributed by atoms with Gasteiger partial charge in [-0.1, -0.05) is 0 Å². The smallest absolute Gasteiger partial charge is 0.122 e. The first-order chi connectivity index (χ1) is 10.8. The van der Waals surface area contributed by atoms with Gasteiger partial charge in [-0.15, -0.1) is 0 Å². The number of methoxy groups -OCH3 is 1. The Labute approximate surface area is 130 Å². The number of ether oxygens (including phenoxy) is 1. The number of hydrogen-bond acceptors (Lipinski definition) is 5. The number of aryl methyl sites for hydroxylation is 1. The van der Waals surface area contributed by atoms with Crippen LogP contribution >= 0.6 is 0 Å². The quantitative estimate of drug-likeness (QED) is 0.847. The molecule has 7 heteroatoms. The lowest BCUT2D eigenvalue weighted by atomic mass is 10.3. The van der Waals surface area contributed by atoms with Crippen molar-refractivity contribution in [3.05, 3.63) is 35.7 Å². The highest BCUT2D eigenvalue weighted by Crippen LogP contribution is 2.16. The van der Waals surface area contributed by atoms with Gasteiger partial charge in [0.2, 0.25) is 0 Å². The Morgan fingerprint density at radius 1 is 1.36 bits per heavy atom. The van der Waals surface area contributed by atoms with Gasteiger partial charge in [0, 0.05) is 45.7 Å². The largest absolute Gasteiger partial charge is 0.390 e. The van der Waals surface area contributed by atoms with E-state index >= 15 is 0 Å². The second-order valence-corrected chi connectivity index (χ2v) is 5.60.